The van der Waals surface area contributed by atoms with Gasteiger partial charge in [0.1, 0.15) is 11.9 Å². The van der Waals surface area contributed by atoms with Crippen molar-refractivity contribution in [3.63, 3.8) is 0 Å². The SMILES string of the molecule is Cc1nccn1CCC(=O)NC(C)C(=O)O. The summed E-state index contributed by atoms with van der Waals surface area (Å²) in [5.74, 6) is -0.478. The highest BCUT2D eigenvalue weighted by Gasteiger charge is 2.13. The first-order chi connectivity index (χ1) is 7.50. The zero-order valence-corrected chi connectivity index (χ0v) is 9.30. The average molecular weight is 225 g/mol. The van der Waals surface area contributed by atoms with E-state index >= 15 is 0 Å². The number of carboxylic acid groups (broad SMARTS) is 1. The number of nitrogens with zero attached hydrogens (tertiary/aromatic N) is 2. The Balaban J connectivity index is 2.36. The van der Waals surface area contributed by atoms with Gasteiger partial charge >= 0.3 is 5.97 Å². The molecule has 1 heterocycles. The molecule has 1 atom stereocenters. The summed E-state index contributed by atoms with van der Waals surface area (Å²) in [6.07, 6.45) is 3.69. The van der Waals surface area contributed by atoms with Crippen LogP contribution < -0.4 is 5.32 Å². The number of aromatic nitrogens is 2. The van der Waals surface area contributed by atoms with E-state index in [0.717, 1.165) is 5.82 Å². The molecule has 0 aliphatic carbocycles. The van der Waals surface area contributed by atoms with Crippen LogP contribution in [0.3, 0.4) is 0 Å². The average Bonchev–Trinajstić information content (AvgIpc) is 2.61. The molecule has 6 nitrogen and oxygen atoms in total. The van der Waals surface area contributed by atoms with Gasteiger partial charge in [-0.3, -0.25) is 9.59 Å². The second-order valence-electron chi connectivity index (χ2n) is 3.55. The molecule has 0 aliphatic rings. The number of aliphatic carboxylic acids is 1. The van der Waals surface area contributed by atoms with Gasteiger partial charge in [-0.1, -0.05) is 0 Å². The van der Waals surface area contributed by atoms with Gasteiger partial charge in [0, 0.05) is 25.4 Å². The molecule has 1 aromatic rings. The summed E-state index contributed by atoms with van der Waals surface area (Å²) < 4.78 is 1.84. The van der Waals surface area contributed by atoms with Gasteiger partial charge in [-0.2, -0.15) is 0 Å². The Kier molecular flexibility index (Phi) is 4.04. The van der Waals surface area contributed by atoms with Gasteiger partial charge in [0.15, 0.2) is 0 Å². The summed E-state index contributed by atoms with van der Waals surface area (Å²) in [4.78, 5) is 25.9. The van der Waals surface area contributed by atoms with Crippen molar-refractivity contribution < 1.29 is 14.7 Å². The zero-order chi connectivity index (χ0) is 12.1. The first-order valence-corrected chi connectivity index (χ1v) is 5.00. The van der Waals surface area contributed by atoms with Crippen molar-refractivity contribution in [2.24, 2.45) is 0 Å². The van der Waals surface area contributed by atoms with Gasteiger partial charge in [0.25, 0.3) is 0 Å². The third kappa shape index (κ3) is 3.38. The van der Waals surface area contributed by atoms with Crippen LogP contribution in [0, 0.1) is 6.92 Å². The van der Waals surface area contributed by atoms with E-state index in [1.807, 2.05) is 11.5 Å². The molecule has 0 saturated carbocycles. The van der Waals surface area contributed by atoms with E-state index in [0.29, 0.717) is 6.54 Å². The van der Waals surface area contributed by atoms with Crippen molar-refractivity contribution in [2.45, 2.75) is 32.9 Å². The highest BCUT2D eigenvalue weighted by molar-refractivity contribution is 5.83. The molecule has 1 aromatic heterocycles. The second kappa shape index (κ2) is 5.29. The first-order valence-electron chi connectivity index (χ1n) is 5.00. The molecule has 6 heteroatoms. The smallest absolute Gasteiger partial charge is 0.325 e. The van der Waals surface area contributed by atoms with Crippen molar-refractivity contribution in [1.82, 2.24) is 14.9 Å². The standard InChI is InChI=1S/C10H15N3O3/c1-7(10(15)16)12-9(14)3-5-13-6-4-11-8(13)2/h4,6-7H,3,5H2,1-2H3,(H,12,14)(H,15,16). The topological polar surface area (TPSA) is 84.2 Å². The van der Waals surface area contributed by atoms with Crippen molar-refractivity contribution >= 4 is 11.9 Å². The lowest BCUT2D eigenvalue weighted by Crippen LogP contribution is -2.38. The number of nitrogens with one attached hydrogen (secondary N) is 1. The lowest BCUT2D eigenvalue weighted by Gasteiger charge is -2.09. The van der Waals surface area contributed by atoms with Crippen LogP contribution in [0.2, 0.25) is 0 Å². The second-order valence-corrected chi connectivity index (χ2v) is 3.55. The van der Waals surface area contributed by atoms with Crippen molar-refractivity contribution in [1.29, 1.82) is 0 Å². The molecular formula is C10H15N3O3. The quantitative estimate of drug-likeness (QED) is 0.748. The van der Waals surface area contributed by atoms with Gasteiger partial charge in [-0.15, -0.1) is 0 Å². The molecule has 0 bridgehead atoms. The van der Waals surface area contributed by atoms with E-state index < -0.39 is 12.0 Å². The minimum Gasteiger partial charge on any atom is -0.480 e. The zero-order valence-electron chi connectivity index (χ0n) is 9.30. The number of hydrogen-bond acceptors (Lipinski definition) is 3. The number of carboxylic acids is 1. The normalized spacial score (nSPS) is 12.1. The van der Waals surface area contributed by atoms with Gasteiger partial charge < -0.3 is 15.0 Å². The molecule has 1 amide bonds. The fourth-order valence-electron chi connectivity index (χ4n) is 1.24. The van der Waals surface area contributed by atoms with Gasteiger partial charge in [-0.25, -0.2) is 4.98 Å². The van der Waals surface area contributed by atoms with E-state index in [1.54, 1.807) is 12.4 Å². The number of carbonyl (C=O) groups is 2. The number of aryl methyl sites for hydroxylation is 2. The molecule has 88 valence electrons. The van der Waals surface area contributed by atoms with Gasteiger partial charge in [0.2, 0.25) is 5.91 Å². The lowest BCUT2D eigenvalue weighted by atomic mass is 10.3. The van der Waals surface area contributed by atoms with Crippen molar-refractivity contribution in [3.05, 3.63) is 18.2 Å². The van der Waals surface area contributed by atoms with Crippen LogP contribution in [0.15, 0.2) is 12.4 Å². The molecule has 0 aromatic carbocycles. The minimum atomic E-state index is -1.04. The van der Waals surface area contributed by atoms with Crippen LogP contribution in [0.1, 0.15) is 19.2 Å². The van der Waals surface area contributed by atoms with Crippen LogP contribution >= 0.6 is 0 Å². The highest BCUT2D eigenvalue weighted by Crippen LogP contribution is 1.97. The van der Waals surface area contributed by atoms with Crippen molar-refractivity contribution in [3.8, 4) is 0 Å². The van der Waals surface area contributed by atoms with Crippen LogP contribution in [-0.2, 0) is 16.1 Å². The van der Waals surface area contributed by atoms with E-state index in [-0.39, 0.29) is 12.3 Å². The summed E-state index contributed by atoms with van der Waals surface area (Å²) >= 11 is 0. The minimum absolute atomic E-state index is 0.245. The third-order valence-electron chi connectivity index (χ3n) is 2.25. The molecule has 0 spiro atoms. The van der Waals surface area contributed by atoms with E-state index in [2.05, 4.69) is 10.3 Å². The fourth-order valence-corrected chi connectivity index (χ4v) is 1.24. The van der Waals surface area contributed by atoms with E-state index in [1.165, 1.54) is 6.92 Å². The van der Waals surface area contributed by atoms with Crippen molar-refractivity contribution in [2.75, 3.05) is 0 Å². The summed E-state index contributed by atoms with van der Waals surface area (Å²) in [5.41, 5.74) is 0. The third-order valence-corrected chi connectivity index (χ3v) is 2.25. The number of carbonyl (C=O) groups excluding carboxylic acids is 1. The lowest BCUT2D eigenvalue weighted by molar-refractivity contribution is -0.141. The molecule has 0 fully saturated rings. The van der Waals surface area contributed by atoms with Crippen LogP contribution in [0.5, 0.6) is 0 Å². The summed E-state index contributed by atoms with van der Waals surface area (Å²) in [5, 5.41) is 11.0. The molecule has 0 radical (unpaired) electrons. The Morgan fingerprint density at radius 1 is 1.62 bits per heavy atom. The molecule has 16 heavy (non-hydrogen) atoms. The molecule has 1 rings (SSSR count). The van der Waals surface area contributed by atoms with E-state index in [4.69, 9.17) is 5.11 Å². The summed E-state index contributed by atoms with van der Waals surface area (Å²) in [7, 11) is 0. The maximum atomic E-state index is 11.4. The Labute approximate surface area is 93.3 Å². The van der Waals surface area contributed by atoms with Gasteiger partial charge in [0.05, 0.1) is 0 Å². The summed E-state index contributed by atoms with van der Waals surface area (Å²) in [6.45, 7) is 3.78. The maximum Gasteiger partial charge on any atom is 0.325 e. The largest absolute Gasteiger partial charge is 0.480 e. The molecule has 0 aliphatic heterocycles. The van der Waals surface area contributed by atoms with Crippen LogP contribution in [0.25, 0.3) is 0 Å². The Morgan fingerprint density at radius 2 is 2.31 bits per heavy atom. The Morgan fingerprint density at radius 3 is 2.81 bits per heavy atom. The fraction of sp³-hybridized carbons (Fsp3) is 0.500. The Hall–Kier alpha value is -1.85. The van der Waals surface area contributed by atoms with Crippen LogP contribution in [0.4, 0.5) is 0 Å². The number of amides is 1. The predicted molar refractivity (Wildman–Crippen MR) is 56.8 cm³/mol. The highest BCUT2D eigenvalue weighted by atomic mass is 16.4. The van der Waals surface area contributed by atoms with E-state index in [9.17, 15) is 9.59 Å². The van der Waals surface area contributed by atoms with Crippen LogP contribution in [-0.4, -0.2) is 32.6 Å². The summed E-state index contributed by atoms with van der Waals surface area (Å²) in [6, 6.07) is -0.851. The maximum absolute atomic E-state index is 11.4. The number of rotatable bonds is 5. The predicted octanol–water partition coefficient (Wildman–Crippen LogP) is 0.171. The molecule has 2 N–H and O–H groups in total. The number of imidazole rings is 1. The first kappa shape index (κ1) is 12.2. The Bertz CT molecular complexity index is 386. The number of hydrogen-bond donors (Lipinski definition) is 2. The monoisotopic (exact) mass is 225 g/mol. The molecule has 1 unspecified atom stereocenters. The molecule has 0 saturated heterocycles. The molecular weight excluding hydrogens is 210 g/mol. The van der Waals surface area contributed by atoms with Gasteiger partial charge in [-0.05, 0) is 13.8 Å².